The quantitative estimate of drug-likeness (QED) is 0.222. The van der Waals surface area contributed by atoms with E-state index in [1.54, 1.807) is 27.7 Å². The molecule has 0 spiro atoms. The monoisotopic (exact) mass is 574 g/mol. The summed E-state index contributed by atoms with van der Waals surface area (Å²) >= 11 is 12.1. The zero-order valence-corrected chi connectivity index (χ0v) is 22.2. The Bertz CT molecular complexity index is 1240. The van der Waals surface area contributed by atoms with Crippen LogP contribution < -0.4 is 9.47 Å². The molecule has 1 atom stereocenters. The predicted molar refractivity (Wildman–Crippen MR) is 134 cm³/mol. The Morgan fingerprint density at radius 1 is 0.895 bits per heavy atom. The third-order valence-corrected chi connectivity index (χ3v) is 5.20. The Morgan fingerprint density at radius 3 is 1.68 bits per heavy atom. The molecule has 2 aromatic carbocycles. The van der Waals surface area contributed by atoms with Crippen LogP contribution in [0.1, 0.15) is 48.4 Å². The molecule has 0 amide bonds. The second-order valence-corrected chi connectivity index (χ2v) is 9.38. The molecule has 0 saturated heterocycles. The molecule has 0 aliphatic carbocycles. The maximum absolute atomic E-state index is 12.4. The summed E-state index contributed by atoms with van der Waals surface area (Å²) in [7, 11) is 0. The number of nitrogens with zero attached hydrogens (tertiary/aromatic N) is 2. The van der Waals surface area contributed by atoms with Gasteiger partial charge in [-0.3, -0.25) is 20.2 Å². The zero-order chi connectivity index (χ0) is 28.8. The van der Waals surface area contributed by atoms with Crippen molar-refractivity contribution in [2.45, 2.75) is 39.4 Å². The largest absolute Gasteiger partial charge is 0.489 e. The average Bonchev–Trinajstić information content (AvgIpc) is 2.81. The van der Waals surface area contributed by atoms with Crippen molar-refractivity contribution in [2.24, 2.45) is 0 Å². The standard InChI is InChI=1S/C23H24Cl2N2O11/c1-5-35-21(29)12-6-15(26(31)32)19(24)17(8-12)36-10-14(28)11-37-18-9-13(22(30)38-23(2,3)4)7-16(20(18)25)27(33)34/h6-9,14,28H,5,10-11H2,1-4H3. The van der Waals surface area contributed by atoms with Gasteiger partial charge >= 0.3 is 11.9 Å². The molecular formula is C23H24Cl2N2O11. The van der Waals surface area contributed by atoms with Crippen molar-refractivity contribution in [3.8, 4) is 11.5 Å². The number of carbonyl (C=O) groups is 2. The number of nitro benzene ring substituents is 2. The van der Waals surface area contributed by atoms with Gasteiger partial charge in [0.15, 0.2) is 10.0 Å². The van der Waals surface area contributed by atoms with Crippen LogP contribution in [0.2, 0.25) is 10.0 Å². The van der Waals surface area contributed by atoms with E-state index in [-0.39, 0.29) is 29.2 Å². The van der Waals surface area contributed by atoms with Crippen molar-refractivity contribution in [1.82, 2.24) is 0 Å². The van der Waals surface area contributed by atoms with Crippen molar-refractivity contribution in [1.29, 1.82) is 0 Å². The molecule has 38 heavy (non-hydrogen) atoms. The number of aliphatic hydroxyl groups is 1. The molecule has 1 unspecified atom stereocenters. The number of nitro groups is 2. The molecular weight excluding hydrogens is 551 g/mol. The number of halogens is 2. The highest BCUT2D eigenvalue weighted by Crippen LogP contribution is 2.37. The van der Waals surface area contributed by atoms with Crippen molar-refractivity contribution in [3.05, 3.63) is 65.7 Å². The molecule has 0 radical (unpaired) electrons. The Balaban J connectivity index is 2.21. The Morgan fingerprint density at radius 2 is 1.32 bits per heavy atom. The van der Waals surface area contributed by atoms with E-state index < -0.39 is 68.1 Å². The van der Waals surface area contributed by atoms with Crippen molar-refractivity contribution < 1.29 is 43.5 Å². The number of carbonyl (C=O) groups excluding carboxylic acids is 2. The number of esters is 2. The summed E-state index contributed by atoms with van der Waals surface area (Å²) in [5.74, 6) is -2.26. The fraction of sp³-hybridized carbons (Fsp3) is 0.391. The van der Waals surface area contributed by atoms with Crippen LogP contribution in [0, 0.1) is 20.2 Å². The number of aliphatic hydroxyl groups excluding tert-OH is 1. The summed E-state index contributed by atoms with van der Waals surface area (Å²) in [6.45, 7) is 5.39. The molecule has 206 valence electrons. The average molecular weight is 575 g/mol. The van der Waals surface area contributed by atoms with Crippen LogP contribution in [0.5, 0.6) is 11.5 Å². The molecule has 0 aliphatic rings. The Hall–Kier alpha value is -3.68. The number of benzene rings is 2. The summed E-state index contributed by atoms with van der Waals surface area (Å²) in [5.41, 5.74) is -2.50. The first-order valence-electron chi connectivity index (χ1n) is 10.9. The minimum atomic E-state index is -1.41. The van der Waals surface area contributed by atoms with Gasteiger partial charge in [0.1, 0.15) is 36.4 Å². The molecule has 0 heterocycles. The first-order valence-corrected chi connectivity index (χ1v) is 11.7. The maximum atomic E-state index is 12.4. The lowest BCUT2D eigenvalue weighted by atomic mass is 10.1. The second-order valence-electron chi connectivity index (χ2n) is 8.63. The predicted octanol–water partition coefficient (Wildman–Crippen LogP) is 4.76. The van der Waals surface area contributed by atoms with E-state index in [0.717, 1.165) is 24.3 Å². The van der Waals surface area contributed by atoms with E-state index in [9.17, 15) is 34.9 Å². The minimum absolute atomic E-state index is 0.0251. The van der Waals surface area contributed by atoms with E-state index in [2.05, 4.69) is 0 Å². The molecule has 0 saturated carbocycles. The van der Waals surface area contributed by atoms with Gasteiger partial charge in [0, 0.05) is 12.1 Å². The fourth-order valence-electron chi connectivity index (χ4n) is 2.85. The highest BCUT2D eigenvalue weighted by molar-refractivity contribution is 6.34. The van der Waals surface area contributed by atoms with Gasteiger partial charge in [0.2, 0.25) is 0 Å². The van der Waals surface area contributed by atoms with Crippen LogP contribution in [0.4, 0.5) is 11.4 Å². The maximum Gasteiger partial charge on any atom is 0.339 e. The third-order valence-electron chi connectivity index (χ3n) is 4.44. The van der Waals surface area contributed by atoms with Gasteiger partial charge in [-0.2, -0.15) is 0 Å². The molecule has 15 heteroatoms. The van der Waals surface area contributed by atoms with Crippen LogP contribution in [-0.4, -0.2) is 58.4 Å². The number of rotatable bonds is 11. The third kappa shape index (κ3) is 8.16. The molecule has 0 bridgehead atoms. The molecule has 0 aromatic heterocycles. The number of hydrogen-bond donors (Lipinski definition) is 1. The molecule has 0 aliphatic heterocycles. The van der Waals surface area contributed by atoms with Crippen LogP contribution in [0.15, 0.2) is 24.3 Å². The van der Waals surface area contributed by atoms with Gasteiger partial charge in [-0.1, -0.05) is 23.2 Å². The van der Waals surface area contributed by atoms with Crippen LogP contribution in [0.25, 0.3) is 0 Å². The second kappa shape index (κ2) is 12.7. The van der Waals surface area contributed by atoms with Gasteiger partial charge in [-0.05, 0) is 39.8 Å². The normalized spacial score (nSPS) is 11.9. The van der Waals surface area contributed by atoms with E-state index in [4.69, 9.17) is 42.1 Å². The van der Waals surface area contributed by atoms with E-state index in [0.29, 0.717) is 0 Å². The summed E-state index contributed by atoms with van der Waals surface area (Å²) < 4.78 is 20.8. The van der Waals surface area contributed by atoms with Crippen molar-refractivity contribution in [2.75, 3.05) is 19.8 Å². The summed E-state index contributed by atoms with van der Waals surface area (Å²) in [4.78, 5) is 45.5. The minimum Gasteiger partial charge on any atom is -0.489 e. The molecule has 1 N–H and O–H groups in total. The first-order chi connectivity index (χ1) is 17.6. The van der Waals surface area contributed by atoms with Crippen LogP contribution >= 0.6 is 23.2 Å². The van der Waals surface area contributed by atoms with Gasteiger partial charge in [0.05, 0.1) is 27.6 Å². The number of hydrogen-bond acceptors (Lipinski definition) is 11. The van der Waals surface area contributed by atoms with Crippen LogP contribution in [-0.2, 0) is 9.47 Å². The van der Waals surface area contributed by atoms with E-state index in [1.807, 2.05) is 0 Å². The van der Waals surface area contributed by atoms with E-state index in [1.165, 1.54) is 0 Å². The molecule has 2 rings (SSSR count). The first kappa shape index (κ1) is 30.5. The molecule has 13 nitrogen and oxygen atoms in total. The highest BCUT2D eigenvalue weighted by atomic mass is 35.5. The highest BCUT2D eigenvalue weighted by Gasteiger charge is 2.26. The topological polar surface area (TPSA) is 178 Å². The lowest BCUT2D eigenvalue weighted by molar-refractivity contribution is -0.384. The van der Waals surface area contributed by atoms with Gasteiger partial charge in [-0.15, -0.1) is 0 Å². The lowest BCUT2D eigenvalue weighted by Gasteiger charge is -2.20. The van der Waals surface area contributed by atoms with Gasteiger partial charge in [-0.25, -0.2) is 9.59 Å². The Kier molecular flexibility index (Phi) is 10.2. The summed E-state index contributed by atoms with van der Waals surface area (Å²) in [6, 6.07) is 4.11. The van der Waals surface area contributed by atoms with E-state index >= 15 is 0 Å². The van der Waals surface area contributed by atoms with Crippen LogP contribution in [0.3, 0.4) is 0 Å². The SMILES string of the molecule is CCOC(=O)c1cc(OCC(O)COc2cc(C(=O)OC(C)(C)C)cc([N+](=O)[O-])c2Cl)c(Cl)c([N+](=O)[O-])c1. The fourth-order valence-corrected chi connectivity index (χ4v) is 3.31. The van der Waals surface area contributed by atoms with Crippen molar-refractivity contribution >= 4 is 46.5 Å². The summed E-state index contributed by atoms with van der Waals surface area (Å²) in [6.07, 6.45) is -1.41. The Labute approximate surface area is 226 Å². The summed E-state index contributed by atoms with van der Waals surface area (Å²) in [5, 5.41) is 32.2. The molecule has 0 fully saturated rings. The van der Waals surface area contributed by atoms with Gasteiger partial charge < -0.3 is 24.1 Å². The number of ether oxygens (including phenoxy) is 4. The lowest BCUT2D eigenvalue weighted by Crippen LogP contribution is -2.26. The van der Waals surface area contributed by atoms with Crippen molar-refractivity contribution in [3.63, 3.8) is 0 Å². The smallest absolute Gasteiger partial charge is 0.339 e. The molecule has 2 aromatic rings. The van der Waals surface area contributed by atoms with Gasteiger partial charge in [0.25, 0.3) is 11.4 Å². The zero-order valence-electron chi connectivity index (χ0n) is 20.7.